The molecule has 6 nitrogen and oxygen atoms in total. The molecule has 2 atom stereocenters. The van der Waals surface area contributed by atoms with Crippen LogP contribution in [0.15, 0.2) is 30.3 Å². The number of fused-ring (bicyclic) bond motifs is 2. The summed E-state index contributed by atoms with van der Waals surface area (Å²) >= 11 is 0. The number of carbonyl (C=O) groups is 1. The van der Waals surface area contributed by atoms with Gasteiger partial charge in [-0.3, -0.25) is 4.79 Å². The van der Waals surface area contributed by atoms with E-state index in [0.29, 0.717) is 17.3 Å². The number of amides is 1. The van der Waals surface area contributed by atoms with E-state index in [9.17, 15) is 4.79 Å². The molecule has 25 heavy (non-hydrogen) atoms. The lowest BCUT2D eigenvalue weighted by Crippen LogP contribution is -2.39. The van der Waals surface area contributed by atoms with Crippen LogP contribution < -0.4 is 0 Å². The van der Waals surface area contributed by atoms with E-state index in [1.165, 1.54) is 11.2 Å². The van der Waals surface area contributed by atoms with Crippen LogP contribution >= 0.6 is 0 Å². The molecule has 4 rings (SSSR count). The Morgan fingerprint density at radius 3 is 2.72 bits per heavy atom. The SMILES string of the molecule is CC1(C)C[C@H]2C[C@@](C)(CN2C(=O)Cn2nnc(-c3ccccc3)n2)C1. The summed E-state index contributed by atoms with van der Waals surface area (Å²) in [6.07, 6.45) is 3.37. The lowest BCUT2D eigenvalue weighted by atomic mass is 9.65. The van der Waals surface area contributed by atoms with Crippen LogP contribution in [0.25, 0.3) is 11.4 Å². The zero-order chi connectivity index (χ0) is 17.7. The fourth-order valence-electron chi connectivity index (χ4n) is 4.98. The number of rotatable bonds is 3. The standard InChI is InChI=1S/C19H25N5O/c1-18(2)9-15-10-19(3,12-18)13-23(15)16(25)11-24-21-17(20-22-24)14-7-5-4-6-8-14/h4-8,15H,9-13H2,1-3H3/t15-,19+/m0/s1. The first kappa shape index (κ1) is 16.2. The number of nitrogens with zero attached hydrogens (tertiary/aromatic N) is 5. The van der Waals surface area contributed by atoms with Gasteiger partial charge in [0.15, 0.2) is 0 Å². The van der Waals surface area contributed by atoms with E-state index < -0.39 is 0 Å². The average molecular weight is 339 g/mol. The van der Waals surface area contributed by atoms with E-state index in [2.05, 4.69) is 41.1 Å². The largest absolute Gasteiger partial charge is 0.337 e. The highest BCUT2D eigenvalue weighted by Crippen LogP contribution is 2.52. The molecule has 0 spiro atoms. The van der Waals surface area contributed by atoms with Gasteiger partial charge in [0.1, 0.15) is 6.54 Å². The van der Waals surface area contributed by atoms with Gasteiger partial charge in [-0.05, 0) is 35.3 Å². The second-order valence-corrected chi connectivity index (χ2v) is 8.74. The average Bonchev–Trinajstić information content (AvgIpc) is 3.09. The van der Waals surface area contributed by atoms with Crippen molar-refractivity contribution in [1.82, 2.24) is 25.1 Å². The summed E-state index contributed by atoms with van der Waals surface area (Å²) in [5.74, 6) is 0.657. The molecule has 0 unspecified atom stereocenters. The molecule has 132 valence electrons. The van der Waals surface area contributed by atoms with Gasteiger partial charge in [-0.15, -0.1) is 10.2 Å². The molecule has 6 heteroatoms. The van der Waals surface area contributed by atoms with E-state index in [0.717, 1.165) is 24.9 Å². The van der Waals surface area contributed by atoms with Crippen molar-refractivity contribution in [2.24, 2.45) is 10.8 Å². The quantitative estimate of drug-likeness (QED) is 0.862. The van der Waals surface area contributed by atoms with Crippen molar-refractivity contribution >= 4 is 5.91 Å². The lowest BCUT2D eigenvalue weighted by molar-refractivity contribution is -0.133. The molecule has 1 aliphatic carbocycles. The number of aromatic nitrogens is 4. The monoisotopic (exact) mass is 339 g/mol. The molecule has 1 amide bonds. The van der Waals surface area contributed by atoms with Crippen LogP contribution in [0.2, 0.25) is 0 Å². The van der Waals surface area contributed by atoms with E-state index in [4.69, 9.17) is 0 Å². The molecule has 2 aliphatic rings. The predicted molar refractivity (Wildman–Crippen MR) is 94.5 cm³/mol. The Morgan fingerprint density at radius 1 is 1.20 bits per heavy atom. The topological polar surface area (TPSA) is 63.9 Å². The third-order valence-corrected chi connectivity index (χ3v) is 5.50. The maximum Gasteiger partial charge on any atom is 0.246 e. The van der Waals surface area contributed by atoms with Gasteiger partial charge < -0.3 is 4.90 Å². The van der Waals surface area contributed by atoms with Gasteiger partial charge in [0.05, 0.1) is 0 Å². The first-order valence-electron chi connectivity index (χ1n) is 8.96. The van der Waals surface area contributed by atoms with Crippen LogP contribution in [0.5, 0.6) is 0 Å². The van der Waals surface area contributed by atoms with Gasteiger partial charge in [-0.2, -0.15) is 4.80 Å². The summed E-state index contributed by atoms with van der Waals surface area (Å²) in [7, 11) is 0. The Bertz CT molecular complexity index is 784. The summed E-state index contributed by atoms with van der Waals surface area (Å²) in [5.41, 5.74) is 1.46. The summed E-state index contributed by atoms with van der Waals surface area (Å²) in [5, 5.41) is 12.5. The summed E-state index contributed by atoms with van der Waals surface area (Å²) in [4.78, 5) is 16.3. The number of hydrogen-bond acceptors (Lipinski definition) is 4. The van der Waals surface area contributed by atoms with Crippen molar-refractivity contribution < 1.29 is 4.79 Å². The third kappa shape index (κ3) is 3.17. The molecule has 1 aromatic heterocycles. The van der Waals surface area contributed by atoms with Crippen molar-refractivity contribution in [3.8, 4) is 11.4 Å². The number of hydrogen-bond donors (Lipinski definition) is 0. The Morgan fingerprint density at radius 2 is 1.96 bits per heavy atom. The highest BCUT2D eigenvalue weighted by molar-refractivity contribution is 5.76. The van der Waals surface area contributed by atoms with Crippen LogP contribution in [0.1, 0.15) is 40.0 Å². The minimum atomic E-state index is 0.100. The van der Waals surface area contributed by atoms with Gasteiger partial charge in [-0.25, -0.2) is 0 Å². The van der Waals surface area contributed by atoms with Gasteiger partial charge in [0.2, 0.25) is 11.7 Å². The Balaban J connectivity index is 1.47. The number of tetrazole rings is 1. The van der Waals surface area contributed by atoms with Crippen molar-refractivity contribution in [3.63, 3.8) is 0 Å². The highest BCUT2D eigenvalue weighted by Gasteiger charge is 2.50. The Labute approximate surface area is 148 Å². The molecular formula is C19H25N5O. The first-order chi connectivity index (χ1) is 11.8. The summed E-state index contributed by atoms with van der Waals surface area (Å²) in [6, 6.07) is 10.1. The Hall–Kier alpha value is -2.24. The Kier molecular flexibility index (Phi) is 3.67. The van der Waals surface area contributed by atoms with Crippen LogP contribution in [0, 0.1) is 10.8 Å². The van der Waals surface area contributed by atoms with Crippen LogP contribution in [-0.2, 0) is 11.3 Å². The van der Waals surface area contributed by atoms with Crippen LogP contribution in [0.4, 0.5) is 0 Å². The minimum Gasteiger partial charge on any atom is -0.337 e. The predicted octanol–water partition coefficient (Wildman–Crippen LogP) is 2.77. The van der Waals surface area contributed by atoms with Gasteiger partial charge in [0, 0.05) is 18.2 Å². The molecular weight excluding hydrogens is 314 g/mol. The van der Waals surface area contributed by atoms with Gasteiger partial charge in [-0.1, -0.05) is 51.1 Å². The normalized spacial score (nSPS) is 27.5. The molecule has 2 heterocycles. The van der Waals surface area contributed by atoms with Crippen LogP contribution in [-0.4, -0.2) is 43.6 Å². The second kappa shape index (κ2) is 5.64. The molecule has 1 saturated carbocycles. The summed E-state index contributed by atoms with van der Waals surface area (Å²) in [6.45, 7) is 7.95. The minimum absolute atomic E-state index is 0.100. The number of likely N-dealkylation sites (tertiary alicyclic amines) is 1. The van der Waals surface area contributed by atoms with E-state index >= 15 is 0 Å². The molecule has 2 aromatic rings. The molecule has 2 bridgehead atoms. The fourth-order valence-corrected chi connectivity index (χ4v) is 4.98. The maximum atomic E-state index is 12.9. The van der Waals surface area contributed by atoms with Crippen LogP contribution in [0.3, 0.4) is 0 Å². The number of benzene rings is 1. The van der Waals surface area contributed by atoms with E-state index in [1.807, 2.05) is 30.3 Å². The van der Waals surface area contributed by atoms with Gasteiger partial charge in [0.25, 0.3) is 0 Å². The highest BCUT2D eigenvalue weighted by atomic mass is 16.2. The zero-order valence-electron chi connectivity index (χ0n) is 15.1. The third-order valence-electron chi connectivity index (χ3n) is 5.50. The molecule has 0 N–H and O–H groups in total. The zero-order valence-corrected chi connectivity index (χ0v) is 15.1. The fraction of sp³-hybridized carbons (Fsp3) is 0.579. The smallest absolute Gasteiger partial charge is 0.246 e. The number of carbonyl (C=O) groups excluding carboxylic acids is 1. The molecule has 1 saturated heterocycles. The summed E-state index contributed by atoms with van der Waals surface area (Å²) < 4.78 is 0. The molecule has 2 fully saturated rings. The van der Waals surface area contributed by atoms with Crippen molar-refractivity contribution in [3.05, 3.63) is 30.3 Å². The second-order valence-electron chi connectivity index (χ2n) is 8.74. The lowest BCUT2D eigenvalue weighted by Gasteiger charge is -2.39. The first-order valence-corrected chi connectivity index (χ1v) is 8.96. The van der Waals surface area contributed by atoms with E-state index in [-0.39, 0.29) is 17.9 Å². The van der Waals surface area contributed by atoms with E-state index in [1.54, 1.807) is 0 Å². The van der Waals surface area contributed by atoms with Gasteiger partial charge >= 0.3 is 0 Å². The van der Waals surface area contributed by atoms with Crippen molar-refractivity contribution in [2.75, 3.05) is 6.54 Å². The molecule has 1 aromatic carbocycles. The maximum absolute atomic E-state index is 12.9. The van der Waals surface area contributed by atoms with Crippen molar-refractivity contribution in [1.29, 1.82) is 0 Å². The molecule has 0 radical (unpaired) electrons. The van der Waals surface area contributed by atoms with Crippen molar-refractivity contribution in [2.45, 2.75) is 52.6 Å². The molecule has 1 aliphatic heterocycles.